The number of ether oxygens (including phenoxy) is 1. The van der Waals surface area contributed by atoms with Crippen molar-refractivity contribution in [3.05, 3.63) is 58.3 Å². The molecule has 0 saturated heterocycles. The number of nitrogens with one attached hydrogen (secondary N) is 1. The smallest absolute Gasteiger partial charge is 0.253 e. The maximum Gasteiger partial charge on any atom is 0.253 e. The summed E-state index contributed by atoms with van der Waals surface area (Å²) >= 11 is 0. The predicted octanol–water partition coefficient (Wildman–Crippen LogP) is 0.877. The molecule has 1 N–H and O–H groups in total. The molecule has 1 aromatic carbocycles. The van der Waals surface area contributed by atoms with Crippen LogP contribution >= 0.6 is 0 Å². The van der Waals surface area contributed by atoms with Gasteiger partial charge in [-0.05, 0) is 13.0 Å². The Morgan fingerprint density at radius 1 is 1.38 bits per heavy atom. The van der Waals surface area contributed by atoms with Crippen LogP contribution in [0.5, 0.6) is 5.75 Å². The van der Waals surface area contributed by atoms with E-state index in [9.17, 15) is 9.59 Å². The van der Waals surface area contributed by atoms with Crippen molar-refractivity contribution < 1.29 is 9.53 Å². The highest BCUT2D eigenvalue weighted by molar-refractivity contribution is 5.75. The van der Waals surface area contributed by atoms with Crippen LogP contribution in [0.15, 0.2) is 41.5 Å². The van der Waals surface area contributed by atoms with Gasteiger partial charge in [-0.25, -0.2) is 4.98 Å². The number of hydrogen-bond donors (Lipinski definition) is 1. The van der Waals surface area contributed by atoms with E-state index in [2.05, 4.69) is 10.3 Å². The Balaban J connectivity index is 1.97. The first-order chi connectivity index (χ1) is 10.1. The van der Waals surface area contributed by atoms with E-state index in [1.807, 2.05) is 24.3 Å². The van der Waals surface area contributed by atoms with E-state index in [1.165, 1.54) is 17.0 Å². The molecule has 1 aromatic heterocycles. The first kappa shape index (κ1) is 14.8. The van der Waals surface area contributed by atoms with Gasteiger partial charge in [0.05, 0.1) is 13.4 Å². The van der Waals surface area contributed by atoms with Crippen molar-refractivity contribution in [1.82, 2.24) is 14.9 Å². The van der Waals surface area contributed by atoms with Crippen LogP contribution in [0.25, 0.3) is 0 Å². The van der Waals surface area contributed by atoms with Gasteiger partial charge in [-0.15, -0.1) is 0 Å². The molecule has 0 aliphatic rings. The fraction of sp³-hybridized carbons (Fsp3) is 0.267. The predicted molar refractivity (Wildman–Crippen MR) is 78.1 cm³/mol. The number of carbonyl (C=O) groups is 1. The Labute approximate surface area is 122 Å². The number of rotatable bonds is 5. The Bertz CT molecular complexity index is 695. The lowest BCUT2D eigenvalue weighted by molar-refractivity contribution is -0.121. The minimum absolute atomic E-state index is 0.0543. The lowest BCUT2D eigenvalue weighted by Crippen LogP contribution is -2.32. The molecule has 2 aromatic rings. The van der Waals surface area contributed by atoms with Gasteiger partial charge < -0.3 is 10.1 Å². The zero-order chi connectivity index (χ0) is 15.2. The molecular formula is C15H17N3O3. The lowest BCUT2D eigenvalue weighted by Gasteiger charge is -2.10. The Morgan fingerprint density at radius 3 is 2.86 bits per heavy atom. The normalized spacial score (nSPS) is 10.2. The maximum absolute atomic E-state index is 11.9. The highest BCUT2D eigenvalue weighted by Crippen LogP contribution is 2.16. The number of hydrogen-bond acceptors (Lipinski definition) is 4. The van der Waals surface area contributed by atoms with Gasteiger partial charge >= 0.3 is 0 Å². The SMILES string of the molecule is COc1ccccc1CNC(=O)Cn1cnc(C)cc1=O. The van der Waals surface area contributed by atoms with Crippen LogP contribution in [0, 0.1) is 6.92 Å². The molecule has 6 heteroatoms. The summed E-state index contributed by atoms with van der Waals surface area (Å²) in [4.78, 5) is 27.6. The molecule has 0 bridgehead atoms. The third kappa shape index (κ3) is 3.92. The van der Waals surface area contributed by atoms with Gasteiger partial charge in [0.1, 0.15) is 12.3 Å². The second-order valence-corrected chi connectivity index (χ2v) is 4.59. The second kappa shape index (κ2) is 6.69. The fourth-order valence-electron chi connectivity index (χ4n) is 1.89. The van der Waals surface area contributed by atoms with E-state index >= 15 is 0 Å². The van der Waals surface area contributed by atoms with Gasteiger partial charge in [0, 0.05) is 23.9 Å². The lowest BCUT2D eigenvalue weighted by atomic mass is 10.2. The first-order valence-electron chi connectivity index (χ1n) is 6.52. The summed E-state index contributed by atoms with van der Waals surface area (Å²) in [6.45, 7) is 2.02. The fourth-order valence-corrected chi connectivity index (χ4v) is 1.89. The van der Waals surface area contributed by atoms with Crippen LogP contribution in [0.3, 0.4) is 0 Å². The number of methoxy groups -OCH3 is 1. The summed E-state index contributed by atoms with van der Waals surface area (Å²) in [6, 6.07) is 8.84. The van der Waals surface area contributed by atoms with Crippen LogP contribution in [0.4, 0.5) is 0 Å². The van der Waals surface area contributed by atoms with E-state index in [4.69, 9.17) is 4.74 Å². The van der Waals surface area contributed by atoms with E-state index in [1.54, 1.807) is 14.0 Å². The Hall–Kier alpha value is -2.63. The van der Waals surface area contributed by atoms with Gasteiger partial charge in [-0.3, -0.25) is 14.2 Å². The molecular weight excluding hydrogens is 270 g/mol. The summed E-state index contributed by atoms with van der Waals surface area (Å²) in [5, 5.41) is 2.76. The molecule has 0 radical (unpaired) electrons. The van der Waals surface area contributed by atoms with E-state index in [-0.39, 0.29) is 18.0 Å². The zero-order valence-corrected chi connectivity index (χ0v) is 12.0. The minimum atomic E-state index is -0.256. The van der Waals surface area contributed by atoms with Gasteiger partial charge in [0.15, 0.2) is 0 Å². The van der Waals surface area contributed by atoms with Gasteiger partial charge in [0.2, 0.25) is 5.91 Å². The summed E-state index contributed by atoms with van der Waals surface area (Å²) in [7, 11) is 1.58. The largest absolute Gasteiger partial charge is 0.496 e. The van der Waals surface area contributed by atoms with Crippen LogP contribution in [-0.2, 0) is 17.9 Å². The molecule has 0 unspecified atom stereocenters. The number of amides is 1. The molecule has 0 aliphatic heterocycles. The van der Waals surface area contributed by atoms with E-state index in [0.717, 1.165) is 5.56 Å². The van der Waals surface area contributed by atoms with Crippen molar-refractivity contribution in [2.75, 3.05) is 7.11 Å². The Morgan fingerprint density at radius 2 is 2.14 bits per heavy atom. The number of benzene rings is 1. The molecule has 110 valence electrons. The third-order valence-corrected chi connectivity index (χ3v) is 3.00. The monoisotopic (exact) mass is 287 g/mol. The number of nitrogens with zero attached hydrogens (tertiary/aromatic N) is 2. The first-order valence-corrected chi connectivity index (χ1v) is 6.52. The topological polar surface area (TPSA) is 73.2 Å². The van der Waals surface area contributed by atoms with E-state index in [0.29, 0.717) is 18.0 Å². The molecule has 21 heavy (non-hydrogen) atoms. The maximum atomic E-state index is 11.9. The average molecular weight is 287 g/mol. The molecule has 0 fully saturated rings. The van der Waals surface area contributed by atoms with Crippen molar-refractivity contribution in [3.8, 4) is 5.75 Å². The van der Waals surface area contributed by atoms with Crippen molar-refractivity contribution in [1.29, 1.82) is 0 Å². The van der Waals surface area contributed by atoms with Crippen molar-refractivity contribution in [2.45, 2.75) is 20.0 Å². The highest BCUT2D eigenvalue weighted by Gasteiger charge is 2.07. The van der Waals surface area contributed by atoms with Crippen molar-refractivity contribution in [2.24, 2.45) is 0 Å². The number of para-hydroxylation sites is 1. The summed E-state index contributed by atoms with van der Waals surface area (Å²) in [5.41, 5.74) is 1.27. The molecule has 0 spiro atoms. The zero-order valence-electron chi connectivity index (χ0n) is 12.0. The second-order valence-electron chi connectivity index (χ2n) is 4.59. The van der Waals surface area contributed by atoms with Crippen LogP contribution < -0.4 is 15.6 Å². The molecule has 0 saturated carbocycles. The molecule has 1 amide bonds. The summed E-state index contributed by atoms with van der Waals surface area (Å²) in [5.74, 6) is 0.459. The minimum Gasteiger partial charge on any atom is -0.496 e. The number of carbonyl (C=O) groups excluding carboxylic acids is 1. The molecule has 1 heterocycles. The average Bonchev–Trinajstić information content (AvgIpc) is 2.48. The van der Waals surface area contributed by atoms with Crippen LogP contribution in [-0.4, -0.2) is 22.6 Å². The van der Waals surface area contributed by atoms with Gasteiger partial charge in [-0.2, -0.15) is 0 Å². The number of aryl methyl sites for hydroxylation is 1. The highest BCUT2D eigenvalue weighted by atomic mass is 16.5. The summed E-state index contributed by atoms with van der Waals surface area (Å²) in [6.07, 6.45) is 1.38. The van der Waals surface area contributed by atoms with Crippen molar-refractivity contribution in [3.63, 3.8) is 0 Å². The van der Waals surface area contributed by atoms with Gasteiger partial charge in [-0.1, -0.05) is 18.2 Å². The van der Waals surface area contributed by atoms with E-state index < -0.39 is 0 Å². The molecule has 0 atom stereocenters. The molecule has 2 rings (SSSR count). The van der Waals surface area contributed by atoms with Gasteiger partial charge in [0.25, 0.3) is 5.56 Å². The summed E-state index contributed by atoms with van der Waals surface area (Å²) < 4.78 is 6.48. The van der Waals surface area contributed by atoms with Crippen LogP contribution in [0.2, 0.25) is 0 Å². The third-order valence-electron chi connectivity index (χ3n) is 3.00. The quantitative estimate of drug-likeness (QED) is 0.886. The standard InChI is InChI=1S/C15H17N3O3/c1-11-7-15(20)18(10-17-11)9-14(19)16-8-12-5-3-4-6-13(12)21-2/h3-7,10H,8-9H2,1-2H3,(H,16,19). The molecule has 0 aliphatic carbocycles. The Kier molecular flexibility index (Phi) is 4.71. The number of aromatic nitrogens is 2. The van der Waals surface area contributed by atoms with Crippen LogP contribution in [0.1, 0.15) is 11.3 Å². The molecule has 6 nitrogen and oxygen atoms in total. The van der Waals surface area contributed by atoms with Crippen molar-refractivity contribution >= 4 is 5.91 Å².